The van der Waals surface area contributed by atoms with Gasteiger partial charge in [0, 0.05) is 5.41 Å². The Kier molecular flexibility index (Phi) is 1.67. The van der Waals surface area contributed by atoms with E-state index in [4.69, 9.17) is 27.9 Å². The van der Waals surface area contributed by atoms with Gasteiger partial charge in [-0.15, -0.1) is 0 Å². The van der Waals surface area contributed by atoms with E-state index in [0.717, 1.165) is 5.92 Å². The van der Waals surface area contributed by atoms with Crippen LogP contribution >= 0.6 is 23.2 Å². The molecule has 74 valence electrons. The molecule has 2 saturated carbocycles. The predicted octanol–water partition coefficient (Wildman–Crippen LogP) is 1.97. The number of hydrogen-bond donors (Lipinski definition) is 0. The highest BCUT2D eigenvalue weighted by molar-refractivity contribution is 6.31. The Labute approximate surface area is 90.6 Å². The normalized spacial score (nSPS) is 32.3. The van der Waals surface area contributed by atoms with E-state index in [2.05, 4.69) is 15.0 Å². The number of halogens is 2. The number of nitrogens with zero attached hydrogens (tertiary/aromatic N) is 3. The lowest BCUT2D eigenvalue weighted by atomic mass is 10.2. The van der Waals surface area contributed by atoms with E-state index in [1.54, 1.807) is 0 Å². The van der Waals surface area contributed by atoms with Crippen LogP contribution in [0, 0.1) is 11.3 Å². The molecule has 3 rings (SSSR count). The maximum absolute atomic E-state index is 5.60. The van der Waals surface area contributed by atoms with Crippen molar-refractivity contribution in [2.75, 3.05) is 6.61 Å². The molecule has 0 radical (unpaired) electrons. The van der Waals surface area contributed by atoms with Gasteiger partial charge in [-0.05, 0) is 42.0 Å². The molecule has 14 heavy (non-hydrogen) atoms. The topological polar surface area (TPSA) is 47.9 Å². The summed E-state index contributed by atoms with van der Waals surface area (Å²) in [6.07, 6.45) is 2.55. The van der Waals surface area contributed by atoms with Crippen LogP contribution in [0.3, 0.4) is 0 Å². The van der Waals surface area contributed by atoms with Gasteiger partial charge in [-0.2, -0.15) is 15.0 Å². The fraction of sp³-hybridized carbons (Fsp3) is 0.625. The second-order valence-corrected chi connectivity index (χ2v) is 4.59. The first-order chi connectivity index (χ1) is 6.68. The molecule has 0 N–H and O–H groups in total. The average molecular weight is 232 g/mol. The van der Waals surface area contributed by atoms with Crippen molar-refractivity contribution in [3.63, 3.8) is 0 Å². The fourth-order valence-electron chi connectivity index (χ4n) is 1.62. The van der Waals surface area contributed by atoms with E-state index in [-0.39, 0.29) is 16.6 Å². The quantitative estimate of drug-likeness (QED) is 0.799. The Bertz CT molecular complexity index is 372. The molecule has 2 aliphatic carbocycles. The minimum atomic E-state index is 0.0700. The second-order valence-electron chi connectivity index (χ2n) is 3.91. The fourth-order valence-corrected chi connectivity index (χ4v) is 1.97. The Morgan fingerprint density at radius 3 is 2.29 bits per heavy atom. The van der Waals surface area contributed by atoms with Gasteiger partial charge in [0.1, 0.15) is 0 Å². The summed E-state index contributed by atoms with van der Waals surface area (Å²) in [7, 11) is 0. The van der Waals surface area contributed by atoms with Gasteiger partial charge in [0.25, 0.3) is 0 Å². The van der Waals surface area contributed by atoms with E-state index in [1.807, 2.05) is 0 Å². The first-order valence-corrected chi connectivity index (χ1v) is 5.13. The van der Waals surface area contributed by atoms with Crippen molar-refractivity contribution >= 4 is 23.2 Å². The van der Waals surface area contributed by atoms with Crippen LogP contribution in [0.2, 0.25) is 10.6 Å². The van der Waals surface area contributed by atoms with E-state index in [9.17, 15) is 0 Å². The molecule has 0 aliphatic heterocycles. The lowest BCUT2D eigenvalue weighted by Gasteiger charge is -2.05. The van der Waals surface area contributed by atoms with Crippen molar-refractivity contribution in [1.29, 1.82) is 0 Å². The first-order valence-electron chi connectivity index (χ1n) is 4.38. The molecule has 1 aromatic rings. The van der Waals surface area contributed by atoms with Crippen LogP contribution in [0.5, 0.6) is 6.01 Å². The van der Waals surface area contributed by atoms with Gasteiger partial charge in [-0.1, -0.05) is 0 Å². The summed E-state index contributed by atoms with van der Waals surface area (Å²) in [5.41, 5.74) is 0.450. The van der Waals surface area contributed by atoms with Crippen molar-refractivity contribution < 1.29 is 4.74 Å². The number of rotatable bonds is 3. The van der Waals surface area contributed by atoms with E-state index in [0.29, 0.717) is 12.0 Å². The van der Waals surface area contributed by atoms with E-state index >= 15 is 0 Å². The van der Waals surface area contributed by atoms with Crippen molar-refractivity contribution in [1.82, 2.24) is 15.0 Å². The third kappa shape index (κ3) is 1.42. The average Bonchev–Trinajstić information content (AvgIpc) is 2.86. The van der Waals surface area contributed by atoms with Crippen LogP contribution < -0.4 is 4.74 Å². The highest BCUT2D eigenvalue weighted by Gasteiger charge is 2.70. The summed E-state index contributed by atoms with van der Waals surface area (Å²) in [5, 5.41) is 0.140. The van der Waals surface area contributed by atoms with Crippen molar-refractivity contribution in [2.24, 2.45) is 11.3 Å². The highest BCUT2D eigenvalue weighted by atomic mass is 35.5. The molecule has 6 heteroatoms. The summed E-state index contributed by atoms with van der Waals surface area (Å²) in [6.45, 7) is 0.675. The van der Waals surface area contributed by atoms with Gasteiger partial charge in [0.15, 0.2) is 0 Å². The Hall–Kier alpha value is -0.610. The van der Waals surface area contributed by atoms with Crippen LogP contribution in [0.4, 0.5) is 0 Å². The Balaban J connectivity index is 1.69. The van der Waals surface area contributed by atoms with Gasteiger partial charge in [-0.3, -0.25) is 0 Å². The molecule has 2 aliphatic rings. The van der Waals surface area contributed by atoms with E-state index in [1.165, 1.54) is 12.8 Å². The number of hydrogen-bond acceptors (Lipinski definition) is 4. The molecule has 4 nitrogen and oxygen atoms in total. The zero-order valence-electron chi connectivity index (χ0n) is 7.20. The predicted molar refractivity (Wildman–Crippen MR) is 50.5 cm³/mol. The van der Waals surface area contributed by atoms with Crippen LogP contribution in [0.1, 0.15) is 12.8 Å². The highest BCUT2D eigenvalue weighted by Crippen LogP contribution is 2.75. The second kappa shape index (κ2) is 2.70. The standard InChI is InChI=1S/C8H7Cl2N3O/c9-5-11-6(10)13-7(12-5)14-3-8-1-4(8)2-8/h4H,1-3H2. The summed E-state index contributed by atoms with van der Waals surface area (Å²) < 4.78 is 5.41. The zero-order chi connectivity index (χ0) is 9.76. The van der Waals surface area contributed by atoms with Gasteiger partial charge in [0.2, 0.25) is 10.6 Å². The lowest BCUT2D eigenvalue weighted by molar-refractivity contribution is 0.249. The third-order valence-corrected chi connectivity index (χ3v) is 3.24. The number of ether oxygens (including phenoxy) is 1. The first kappa shape index (κ1) is 8.68. The molecule has 0 unspecified atom stereocenters. The summed E-state index contributed by atoms with van der Waals surface area (Å²) >= 11 is 11.2. The van der Waals surface area contributed by atoms with E-state index < -0.39 is 0 Å². The van der Waals surface area contributed by atoms with Crippen LogP contribution in [0.25, 0.3) is 0 Å². The molecule has 1 heterocycles. The molecular weight excluding hydrogens is 225 g/mol. The molecule has 0 amide bonds. The smallest absolute Gasteiger partial charge is 0.322 e. The maximum Gasteiger partial charge on any atom is 0.322 e. The molecule has 0 bridgehead atoms. The lowest BCUT2D eigenvalue weighted by Crippen LogP contribution is -2.07. The molecule has 1 aromatic heterocycles. The molecule has 0 saturated heterocycles. The largest absolute Gasteiger partial charge is 0.463 e. The molecular formula is C8H7Cl2N3O. The summed E-state index contributed by atoms with van der Waals surface area (Å²) in [6, 6.07) is 0.224. The SMILES string of the molecule is Clc1nc(Cl)nc(OCC23CC2C3)n1. The van der Waals surface area contributed by atoms with Crippen molar-refractivity contribution in [2.45, 2.75) is 12.8 Å². The molecule has 0 atom stereocenters. The van der Waals surface area contributed by atoms with Crippen LogP contribution in [-0.2, 0) is 0 Å². The van der Waals surface area contributed by atoms with Crippen LogP contribution in [-0.4, -0.2) is 21.6 Å². The summed E-state index contributed by atoms with van der Waals surface area (Å²) in [4.78, 5) is 11.3. The molecule has 0 spiro atoms. The maximum atomic E-state index is 5.60. The summed E-state index contributed by atoms with van der Waals surface area (Å²) in [5.74, 6) is 0.885. The zero-order valence-corrected chi connectivity index (χ0v) is 8.72. The minimum absolute atomic E-state index is 0.0700. The van der Waals surface area contributed by atoms with Crippen molar-refractivity contribution in [3.8, 4) is 6.01 Å². The monoisotopic (exact) mass is 231 g/mol. The third-order valence-electron chi connectivity index (χ3n) is 2.90. The Morgan fingerprint density at radius 2 is 1.79 bits per heavy atom. The van der Waals surface area contributed by atoms with Crippen LogP contribution in [0.15, 0.2) is 0 Å². The van der Waals surface area contributed by atoms with Gasteiger partial charge >= 0.3 is 6.01 Å². The van der Waals surface area contributed by atoms with Gasteiger partial charge < -0.3 is 4.74 Å². The van der Waals surface area contributed by atoms with Gasteiger partial charge in [0.05, 0.1) is 6.61 Å². The molecule has 0 aromatic carbocycles. The minimum Gasteiger partial charge on any atom is -0.463 e. The number of fused-ring (bicyclic) bond motifs is 1. The van der Waals surface area contributed by atoms with Crippen molar-refractivity contribution in [3.05, 3.63) is 10.6 Å². The Morgan fingerprint density at radius 1 is 1.21 bits per heavy atom. The number of aromatic nitrogens is 3. The van der Waals surface area contributed by atoms with Gasteiger partial charge in [-0.25, -0.2) is 0 Å². The molecule has 2 fully saturated rings.